The molecule has 1 amide bonds. The van der Waals surface area contributed by atoms with Gasteiger partial charge in [0.25, 0.3) is 5.91 Å². The molecule has 154 valence electrons. The molecule has 2 aliphatic rings. The van der Waals surface area contributed by atoms with Gasteiger partial charge in [0.15, 0.2) is 0 Å². The van der Waals surface area contributed by atoms with Crippen LogP contribution in [0.4, 0.5) is 10.1 Å². The maximum absolute atomic E-state index is 14.1. The van der Waals surface area contributed by atoms with Crippen LogP contribution in [0.5, 0.6) is 0 Å². The first kappa shape index (κ1) is 20.0. The molecule has 2 aromatic carbocycles. The average Bonchev–Trinajstić information content (AvgIpc) is 2.74. The second kappa shape index (κ2) is 8.64. The van der Waals surface area contributed by atoms with Crippen molar-refractivity contribution in [1.82, 2.24) is 4.90 Å². The van der Waals surface area contributed by atoms with E-state index in [9.17, 15) is 14.3 Å². The topological polar surface area (TPSA) is 43.8 Å². The van der Waals surface area contributed by atoms with Crippen LogP contribution in [0, 0.1) is 11.7 Å². The van der Waals surface area contributed by atoms with Gasteiger partial charge in [-0.1, -0.05) is 31.2 Å². The number of carbonyl (C=O) groups is 1. The summed E-state index contributed by atoms with van der Waals surface area (Å²) in [6.07, 6.45) is 3.52. The van der Waals surface area contributed by atoms with E-state index >= 15 is 0 Å². The van der Waals surface area contributed by atoms with Gasteiger partial charge >= 0.3 is 0 Å². The average molecular weight is 397 g/mol. The summed E-state index contributed by atoms with van der Waals surface area (Å²) < 4.78 is 14.1. The third-order valence-electron chi connectivity index (χ3n) is 6.26. The molecule has 5 heteroatoms. The number of piperidine rings is 1. The standard InChI is InChI=1S/C24H29FN2O2/c1-17-10-13-26(14-11-17)16-23(28)19-8-9-22-18(15-19)5-4-12-27(22)24(29)20-6-2-3-7-21(20)25/h2-3,6-9,15,17,23,28H,4-5,10-14,16H2,1H3/t23-/m0/s1. The van der Waals surface area contributed by atoms with Gasteiger partial charge in [-0.25, -0.2) is 4.39 Å². The summed E-state index contributed by atoms with van der Waals surface area (Å²) >= 11 is 0. The molecule has 0 aromatic heterocycles. The van der Waals surface area contributed by atoms with Crippen molar-refractivity contribution >= 4 is 11.6 Å². The number of rotatable bonds is 4. The first-order valence-corrected chi connectivity index (χ1v) is 10.6. The van der Waals surface area contributed by atoms with Crippen LogP contribution in [0.25, 0.3) is 0 Å². The number of likely N-dealkylation sites (tertiary alicyclic amines) is 1. The normalized spacial score (nSPS) is 19.1. The summed E-state index contributed by atoms with van der Waals surface area (Å²) in [5.41, 5.74) is 2.86. The highest BCUT2D eigenvalue weighted by molar-refractivity contribution is 6.06. The number of amides is 1. The zero-order chi connectivity index (χ0) is 20.4. The molecular weight excluding hydrogens is 367 g/mol. The number of β-amino-alcohol motifs (C(OH)–C–C–N with tert-alkyl or cyclic N) is 1. The smallest absolute Gasteiger partial charge is 0.261 e. The second-order valence-corrected chi connectivity index (χ2v) is 8.43. The highest BCUT2D eigenvalue weighted by atomic mass is 19.1. The Labute approximate surface area is 171 Å². The van der Waals surface area contributed by atoms with Crippen molar-refractivity contribution in [1.29, 1.82) is 0 Å². The zero-order valence-corrected chi connectivity index (χ0v) is 17.0. The summed E-state index contributed by atoms with van der Waals surface area (Å²) in [7, 11) is 0. The van der Waals surface area contributed by atoms with Crippen molar-refractivity contribution in [2.45, 2.75) is 38.7 Å². The number of carbonyl (C=O) groups excluding carboxylic acids is 1. The number of hydrogen-bond donors (Lipinski definition) is 1. The summed E-state index contributed by atoms with van der Waals surface area (Å²) in [6.45, 7) is 5.57. The number of anilines is 1. The van der Waals surface area contributed by atoms with E-state index in [1.165, 1.54) is 25.0 Å². The molecule has 0 bridgehead atoms. The van der Waals surface area contributed by atoms with Gasteiger partial charge in [0.1, 0.15) is 5.82 Å². The largest absolute Gasteiger partial charge is 0.387 e. The van der Waals surface area contributed by atoms with Gasteiger partial charge in [-0.3, -0.25) is 4.79 Å². The molecule has 2 heterocycles. The lowest BCUT2D eigenvalue weighted by atomic mass is 9.95. The van der Waals surface area contributed by atoms with Crippen molar-refractivity contribution in [3.8, 4) is 0 Å². The molecule has 2 aliphatic heterocycles. The third-order valence-corrected chi connectivity index (χ3v) is 6.26. The van der Waals surface area contributed by atoms with E-state index in [-0.39, 0.29) is 11.5 Å². The number of hydrogen-bond acceptors (Lipinski definition) is 3. The van der Waals surface area contributed by atoms with E-state index < -0.39 is 11.9 Å². The highest BCUT2D eigenvalue weighted by Gasteiger charge is 2.26. The fraction of sp³-hybridized carbons (Fsp3) is 0.458. The second-order valence-electron chi connectivity index (χ2n) is 8.43. The summed E-state index contributed by atoms with van der Waals surface area (Å²) in [5.74, 6) is -0.0302. The molecule has 0 saturated carbocycles. The maximum atomic E-state index is 14.1. The van der Waals surface area contributed by atoms with Crippen molar-refractivity contribution in [2.24, 2.45) is 5.92 Å². The number of nitrogens with zero attached hydrogens (tertiary/aromatic N) is 2. The number of fused-ring (bicyclic) bond motifs is 1. The summed E-state index contributed by atoms with van der Waals surface area (Å²) in [6, 6.07) is 12.0. The van der Waals surface area contributed by atoms with Crippen LogP contribution in [-0.2, 0) is 6.42 Å². The Bertz CT molecular complexity index is 877. The molecule has 0 aliphatic carbocycles. The summed E-state index contributed by atoms with van der Waals surface area (Å²) in [5, 5.41) is 10.8. The van der Waals surface area contributed by atoms with Crippen molar-refractivity contribution in [3.63, 3.8) is 0 Å². The molecule has 2 aromatic rings. The first-order valence-electron chi connectivity index (χ1n) is 10.6. The lowest BCUT2D eigenvalue weighted by Gasteiger charge is -2.33. The molecule has 29 heavy (non-hydrogen) atoms. The Morgan fingerprint density at radius 2 is 1.93 bits per heavy atom. The fourth-order valence-corrected chi connectivity index (χ4v) is 4.41. The molecular formula is C24H29FN2O2. The molecule has 4 nitrogen and oxygen atoms in total. The SMILES string of the molecule is CC1CCN(C[C@H](O)c2ccc3c(c2)CCCN3C(=O)c2ccccc2F)CC1. The number of halogens is 1. The number of benzene rings is 2. The minimum atomic E-state index is -0.536. The van der Waals surface area contributed by atoms with Gasteiger partial charge < -0.3 is 14.9 Å². The third kappa shape index (κ3) is 4.36. The molecule has 0 spiro atoms. The molecule has 0 unspecified atom stereocenters. The van der Waals surface area contributed by atoms with E-state index in [1.807, 2.05) is 18.2 Å². The monoisotopic (exact) mass is 396 g/mol. The molecule has 4 rings (SSSR count). The molecule has 0 radical (unpaired) electrons. The lowest BCUT2D eigenvalue weighted by molar-refractivity contribution is 0.0915. The Hall–Kier alpha value is -2.24. The van der Waals surface area contributed by atoms with E-state index in [2.05, 4.69) is 11.8 Å². The zero-order valence-electron chi connectivity index (χ0n) is 17.0. The number of aliphatic hydroxyl groups excluding tert-OH is 1. The Morgan fingerprint density at radius 1 is 1.17 bits per heavy atom. The Morgan fingerprint density at radius 3 is 2.69 bits per heavy atom. The first-order chi connectivity index (χ1) is 14.0. The van der Waals surface area contributed by atoms with Gasteiger partial charge in [-0.05, 0) is 74.0 Å². The van der Waals surface area contributed by atoms with Gasteiger partial charge in [0.05, 0.1) is 11.7 Å². The van der Waals surface area contributed by atoms with Crippen LogP contribution in [0.1, 0.15) is 53.8 Å². The molecule has 1 saturated heterocycles. The van der Waals surface area contributed by atoms with Crippen LogP contribution in [0.15, 0.2) is 42.5 Å². The van der Waals surface area contributed by atoms with E-state index in [4.69, 9.17) is 0 Å². The Balaban J connectivity index is 1.51. The molecule has 1 fully saturated rings. The van der Waals surface area contributed by atoms with Crippen molar-refractivity contribution in [3.05, 3.63) is 65.0 Å². The lowest BCUT2D eigenvalue weighted by Crippen LogP contribution is -2.37. The van der Waals surface area contributed by atoms with Gasteiger partial charge in [-0.2, -0.15) is 0 Å². The molecule has 1 atom stereocenters. The predicted octanol–water partition coefficient (Wildman–Crippen LogP) is 4.18. The van der Waals surface area contributed by atoms with Gasteiger partial charge in [0.2, 0.25) is 0 Å². The fourth-order valence-electron chi connectivity index (χ4n) is 4.41. The number of aryl methyl sites for hydroxylation is 1. The van der Waals surface area contributed by atoms with E-state index in [1.54, 1.807) is 17.0 Å². The van der Waals surface area contributed by atoms with E-state index in [0.717, 1.165) is 48.7 Å². The van der Waals surface area contributed by atoms with E-state index in [0.29, 0.717) is 13.1 Å². The number of aliphatic hydroxyl groups is 1. The quantitative estimate of drug-likeness (QED) is 0.843. The van der Waals surface area contributed by atoms with Gasteiger partial charge in [0, 0.05) is 18.8 Å². The van der Waals surface area contributed by atoms with Gasteiger partial charge in [-0.15, -0.1) is 0 Å². The minimum absolute atomic E-state index is 0.101. The van der Waals surface area contributed by atoms with Crippen molar-refractivity contribution < 1.29 is 14.3 Å². The van der Waals surface area contributed by atoms with Crippen molar-refractivity contribution in [2.75, 3.05) is 31.1 Å². The van der Waals surface area contributed by atoms with Crippen LogP contribution >= 0.6 is 0 Å². The minimum Gasteiger partial charge on any atom is -0.387 e. The van der Waals surface area contributed by atoms with Crippen LogP contribution < -0.4 is 4.90 Å². The predicted molar refractivity (Wildman–Crippen MR) is 113 cm³/mol. The molecule has 1 N–H and O–H groups in total. The van der Waals surface area contributed by atoms with Crippen LogP contribution in [0.3, 0.4) is 0 Å². The van der Waals surface area contributed by atoms with Crippen LogP contribution in [0.2, 0.25) is 0 Å². The highest BCUT2D eigenvalue weighted by Crippen LogP contribution is 2.32. The Kier molecular flexibility index (Phi) is 5.97. The maximum Gasteiger partial charge on any atom is 0.261 e. The summed E-state index contributed by atoms with van der Waals surface area (Å²) in [4.78, 5) is 16.9. The van der Waals surface area contributed by atoms with Crippen LogP contribution in [-0.4, -0.2) is 42.1 Å².